The highest BCUT2D eigenvalue weighted by atomic mass is 16.5. The van der Waals surface area contributed by atoms with Crippen LogP contribution in [-0.4, -0.2) is 42.3 Å². The SMILES string of the molecule is OCC(O)COC1CCCN1. The van der Waals surface area contributed by atoms with Gasteiger partial charge in [0.05, 0.1) is 13.2 Å². The van der Waals surface area contributed by atoms with E-state index in [1.807, 2.05) is 0 Å². The van der Waals surface area contributed by atoms with Gasteiger partial charge in [-0.2, -0.15) is 0 Å². The molecular weight excluding hydrogens is 146 g/mol. The minimum absolute atomic E-state index is 0.0798. The molecule has 4 nitrogen and oxygen atoms in total. The van der Waals surface area contributed by atoms with Gasteiger partial charge in [-0.1, -0.05) is 0 Å². The number of rotatable bonds is 4. The van der Waals surface area contributed by atoms with E-state index in [4.69, 9.17) is 14.9 Å². The van der Waals surface area contributed by atoms with Gasteiger partial charge < -0.3 is 14.9 Å². The first kappa shape index (κ1) is 8.93. The third-order valence-electron chi connectivity index (χ3n) is 1.72. The topological polar surface area (TPSA) is 61.7 Å². The van der Waals surface area contributed by atoms with Crippen molar-refractivity contribution >= 4 is 0 Å². The minimum Gasteiger partial charge on any atom is -0.394 e. The molecule has 4 heteroatoms. The van der Waals surface area contributed by atoms with Crippen molar-refractivity contribution in [3.05, 3.63) is 0 Å². The Labute approximate surface area is 66.2 Å². The first-order chi connectivity index (χ1) is 5.33. The van der Waals surface area contributed by atoms with Crippen LogP contribution >= 0.6 is 0 Å². The highest BCUT2D eigenvalue weighted by molar-refractivity contribution is 4.65. The van der Waals surface area contributed by atoms with Crippen LogP contribution in [0.5, 0.6) is 0 Å². The summed E-state index contributed by atoms with van der Waals surface area (Å²) in [5, 5.41) is 20.5. The van der Waals surface area contributed by atoms with Gasteiger partial charge in [0, 0.05) is 0 Å². The average molecular weight is 161 g/mol. The fourth-order valence-electron chi connectivity index (χ4n) is 1.07. The van der Waals surface area contributed by atoms with Crippen LogP contribution in [0.15, 0.2) is 0 Å². The molecule has 0 spiro atoms. The summed E-state index contributed by atoms with van der Waals surface area (Å²) in [7, 11) is 0. The fraction of sp³-hybridized carbons (Fsp3) is 1.00. The predicted molar refractivity (Wildman–Crippen MR) is 40.1 cm³/mol. The molecule has 11 heavy (non-hydrogen) atoms. The number of nitrogens with one attached hydrogen (secondary N) is 1. The van der Waals surface area contributed by atoms with Crippen LogP contribution in [0.1, 0.15) is 12.8 Å². The smallest absolute Gasteiger partial charge is 0.108 e. The van der Waals surface area contributed by atoms with Gasteiger partial charge in [-0.3, -0.25) is 5.32 Å². The summed E-state index contributed by atoms with van der Waals surface area (Å²) in [5.74, 6) is 0. The van der Waals surface area contributed by atoms with Crippen LogP contribution in [0.2, 0.25) is 0 Å². The van der Waals surface area contributed by atoms with Gasteiger partial charge in [0.1, 0.15) is 12.3 Å². The first-order valence-electron chi connectivity index (χ1n) is 3.97. The van der Waals surface area contributed by atoms with Crippen molar-refractivity contribution in [2.45, 2.75) is 25.2 Å². The molecule has 2 atom stereocenters. The molecule has 0 amide bonds. The first-order valence-corrected chi connectivity index (χ1v) is 3.97. The Morgan fingerprint density at radius 3 is 3.00 bits per heavy atom. The summed E-state index contributed by atoms with van der Waals surface area (Å²) in [6, 6.07) is 0. The standard InChI is InChI=1S/C7H15NO3/c9-4-6(10)5-11-7-2-1-3-8-7/h6-10H,1-5H2. The molecule has 2 unspecified atom stereocenters. The van der Waals surface area contributed by atoms with Crippen LogP contribution in [0.25, 0.3) is 0 Å². The minimum atomic E-state index is -0.739. The lowest BCUT2D eigenvalue weighted by atomic mass is 10.3. The maximum Gasteiger partial charge on any atom is 0.108 e. The van der Waals surface area contributed by atoms with E-state index in [2.05, 4.69) is 5.32 Å². The maximum atomic E-state index is 8.92. The second-order valence-corrected chi connectivity index (χ2v) is 2.75. The third-order valence-corrected chi connectivity index (χ3v) is 1.72. The van der Waals surface area contributed by atoms with Gasteiger partial charge in [0.15, 0.2) is 0 Å². The average Bonchev–Trinajstić information content (AvgIpc) is 2.52. The van der Waals surface area contributed by atoms with Gasteiger partial charge in [-0.05, 0) is 19.4 Å². The predicted octanol–water partition coefficient (Wildman–Crippen LogP) is -0.934. The Balaban J connectivity index is 2.01. The van der Waals surface area contributed by atoms with E-state index in [0.717, 1.165) is 19.4 Å². The van der Waals surface area contributed by atoms with Gasteiger partial charge in [0.2, 0.25) is 0 Å². The summed E-state index contributed by atoms with van der Waals surface area (Å²) in [4.78, 5) is 0. The van der Waals surface area contributed by atoms with Crippen molar-refractivity contribution in [1.29, 1.82) is 0 Å². The molecule has 1 rings (SSSR count). The summed E-state index contributed by atoms with van der Waals surface area (Å²) in [5.41, 5.74) is 0. The van der Waals surface area contributed by atoms with E-state index in [9.17, 15) is 0 Å². The summed E-state index contributed by atoms with van der Waals surface area (Å²) in [6.07, 6.45) is 1.46. The Bertz CT molecular complexity index is 104. The van der Waals surface area contributed by atoms with Crippen molar-refractivity contribution < 1.29 is 14.9 Å². The van der Waals surface area contributed by atoms with E-state index in [0.29, 0.717) is 0 Å². The lowest BCUT2D eigenvalue weighted by Gasteiger charge is -2.13. The lowest BCUT2D eigenvalue weighted by molar-refractivity contribution is -0.0332. The zero-order chi connectivity index (χ0) is 8.10. The largest absolute Gasteiger partial charge is 0.394 e. The molecule has 0 aromatic carbocycles. The van der Waals surface area contributed by atoms with E-state index < -0.39 is 6.10 Å². The third kappa shape index (κ3) is 3.16. The Morgan fingerprint density at radius 1 is 1.64 bits per heavy atom. The molecule has 1 aliphatic rings. The van der Waals surface area contributed by atoms with Gasteiger partial charge in [-0.25, -0.2) is 0 Å². The highest BCUT2D eigenvalue weighted by Gasteiger charge is 2.15. The number of hydrogen-bond donors (Lipinski definition) is 3. The van der Waals surface area contributed by atoms with Gasteiger partial charge in [-0.15, -0.1) is 0 Å². The van der Waals surface area contributed by atoms with Crippen molar-refractivity contribution in [1.82, 2.24) is 5.32 Å². The molecule has 66 valence electrons. The lowest BCUT2D eigenvalue weighted by Crippen LogP contribution is -2.30. The number of aliphatic hydroxyl groups is 2. The number of hydrogen-bond acceptors (Lipinski definition) is 4. The second-order valence-electron chi connectivity index (χ2n) is 2.75. The van der Waals surface area contributed by atoms with Crippen LogP contribution in [-0.2, 0) is 4.74 Å². The number of aliphatic hydroxyl groups excluding tert-OH is 2. The molecule has 3 N–H and O–H groups in total. The molecule has 1 fully saturated rings. The van der Waals surface area contributed by atoms with Crippen LogP contribution in [0.3, 0.4) is 0 Å². The Hall–Kier alpha value is -0.160. The highest BCUT2D eigenvalue weighted by Crippen LogP contribution is 2.05. The fourth-order valence-corrected chi connectivity index (χ4v) is 1.07. The van der Waals surface area contributed by atoms with Crippen LogP contribution < -0.4 is 5.32 Å². The van der Waals surface area contributed by atoms with Crippen LogP contribution in [0, 0.1) is 0 Å². The zero-order valence-electron chi connectivity index (χ0n) is 6.49. The summed E-state index contributed by atoms with van der Waals surface area (Å²) < 4.78 is 5.23. The monoisotopic (exact) mass is 161 g/mol. The summed E-state index contributed by atoms with van der Waals surface area (Å²) in [6.45, 7) is 0.973. The Kier molecular flexibility index (Phi) is 3.79. The van der Waals surface area contributed by atoms with Crippen molar-refractivity contribution in [2.75, 3.05) is 19.8 Å². The molecule has 0 aromatic rings. The zero-order valence-corrected chi connectivity index (χ0v) is 6.49. The van der Waals surface area contributed by atoms with E-state index in [1.165, 1.54) is 0 Å². The van der Waals surface area contributed by atoms with Crippen molar-refractivity contribution in [3.8, 4) is 0 Å². The van der Waals surface area contributed by atoms with Crippen molar-refractivity contribution in [2.24, 2.45) is 0 Å². The molecule has 0 aliphatic carbocycles. The van der Waals surface area contributed by atoms with E-state index in [1.54, 1.807) is 0 Å². The van der Waals surface area contributed by atoms with Crippen molar-refractivity contribution in [3.63, 3.8) is 0 Å². The molecule has 1 aliphatic heterocycles. The molecule has 0 radical (unpaired) electrons. The normalized spacial score (nSPS) is 27.3. The van der Waals surface area contributed by atoms with Gasteiger partial charge >= 0.3 is 0 Å². The molecule has 1 heterocycles. The number of ether oxygens (including phenoxy) is 1. The molecule has 0 bridgehead atoms. The molecule has 0 saturated carbocycles. The van der Waals surface area contributed by atoms with E-state index in [-0.39, 0.29) is 19.4 Å². The molecular formula is C7H15NO3. The van der Waals surface area contributed by atoms with Gasteiger partial charge in [0.25, 0.3) is 0 Å². The van der Waals surface area contributed by atoms with E-state index >= 15 is 0 Å². The van der Waals surface area contributed by atoms with Crippen LogP contribution in [0.4, 0.5) is 0 Å². The molecule has 1 saturated heterocycles. The summed E-state index contributed by atoms with van der Waals surface area (Å²) >= 11 is 0. The maximum absolute atomic E-state index is 8.92. The second kappa shape index (κ2) is 4.66. The quantitative estimate of drug-likeness (QED) is 0.498. The molecule has 0 aromatic heterocycles. The Morgan fingerprint density at radius 2 is 2.45 bits per heavy atom.